The number of nitrogens with two attached hydrogens (primary N) is 2. The molecule has 0 spiro atoms. The molecule has 17 heavy (non-hydrogen) atoms. The number of hydrogen-bond donors (Lipinski definition) is 2. The summed E-state index contributed by atoms with van der Waals surface area (Å²) in [4.78, 5) is 3.97. The van der Waals surface area contributed by atoms with Gasteiger partial charge in [0.2, 0.25) is 6.36 Å². The van der Waals surface area contributed by atoms with Crippen molar-refractivity contribution in [2.45, 2.75) is 18.8 Å². The topological polar surface area (TPSA) is 73.6 Å². The second-order valence-electron chi connectivity index (χ2n) is 4.12. The van der Waals surface area contributed by atoms with Crippen LogP contribution in [0.4, 0.5) is 14.5 Å². The largest absolute Gasteiger partial charge is 0.399 e. The minimum atomic E-state index is -1.76. The predicted molar refractivity (Wildman–Crippen MR) is 60.6 cm³/mol. The monoisotopic (exact) mass is 241 g/mol. The van der Waals surface area contributed by atoms with Crippen molar-refractivity contribution < 1.29 is 13.5 Å². The van der Waals surface area contributed by atoms with Gasteiger partial charge in [0.05, 0.1) is 0 Å². The molecule has 1 aromatic carbocycles. The Morgan fingerprint density at radius 2 is 2.18 bits per heavy atom. The maximum atomic E-state index is 13.8. The van der Waals surface area contributed by atoms with Crippen LogP contribution >= 0.6 is 0 Å². The molecule has 0 fully saturated rings. The number of alkyl halides is 1. The molecule has 92 valence electrons. The number of hydrogen-bond acceptors (Lipinski definition) is 4. The zero-order chi connectivity index (χ0) is 12.6. The molecule has 1 aromatic rings. The van der Waals surface area contributed by atoms with Crippen LogP contribution in [0.5, 0.6) is 0 Å². The summed E-state index contributed by atoms with van der Waals surface area (Å²) in [6.45, 7) is 1.32. The van der Waals surface area contributed by atoms with E-state index in [1.54, 1.807) is 0 Å². The van der Waals surface area contributed by atoms with Crippen molar-refractivity contribution in [1.29, 1.82) is 0 Å². The fourth-order valence-corrected chi connectivity index (χ4v) is 1.82. The molecule has 4 nitrogen and oxygen atoms in total. The number of ether oxygens (including phenoxy) is 1. The highest BCUT2D eigenvalue weighted by atomic mass is 19.1. The van der Waals surface area contributed by atoms with Crippen molar-refractivity contribution in [3.63, 3.8) is 0 Å². The third-order valence-electron chi connectivity index (χ3n) is 2.73. The van der Waals surface area contributed by atoms with Gasteiger partial charge in [0.25, 0.3) is 0 Å². The Labute approximate surface area is 97.3 Å². The van der Waals surface area contributed by atoms with Crippen LogP contribution in [0.25, 0.3) is 0 Å². The van der Waals surface area contributed by atoms with Gasteiger partial charge in [0.15, 0.2) is 0 Å². The van der Waals surface area contributed by atoms with Gasteiger partial charge in [-0.05, 0) is 25.1 Å². The number of halogens is 2. The van der Waals surface area contributed by atoms with Gasteiger partial charge in [-0.1, -0.05) is 0 Å². The Hall–Kier alpha value is -1.69. The minimum absolute atomic E-state index is 0.0349. The number of benzene rings is 1. The van der Waals surface area contributed by atoms with E-state index in [0.29, 0.717) is 5.69 Å². The molecule has 0 unspecified atom stereocenters. The van der Waals surface area contributed by atoms with Crippen molar-refractivity contribution in [2.75, 3.05) is 12.3 Å². The van der Waals surface area contributed by atoms with E-state index in [0.717, 1.165) is 0 Å². The van der Waals surface area contributed by atoms with Crippen molar-refractivity contribution in [2.24, 2.45) is 10.7 Å². The van der Waals surface area contributed by atoms with Crippen LogP contribution in [0.3, 0.4) is 0 Å². The van der Waals surface area contributed by atoms with E-state index in [-0.39, 0.29) is 18.0 Å². The summed E-state index contributed by atoms with van der Waals surface area (Å²) in [5.41, 5.74) is 9.93. The molecular weight excluding hydrogens is 228 g/mol. The smallest absolute Gasteiger partial charge is 0.228 e. The van der Waals surface area contributed by atoms with Gasteiger partial charge >= 0.3 is 0 Å². The molecule has 0 aromatic heterocycles. The molecular formula is C11H13F2N3O. The highest BCUT2D eigenvalue weighted by Gasteiger charge is 2.42. The standard InChI is InChI=1S/C11H13F2N3O/c1-11(10(13)17-5-9(15)16-11)7-4-6(14)2-3-8(7)12/h2-4,10H,5,14H2,1H3,(H2,15,16)/t10-,11+/m0/s1. The van der Waals surface area contributed by atoms with Crippen LogP contribution in [-0.2, 0) is 10.3 Å². The zero-order valence-corrected chi connectivity index (χ0v) is 9.28. The molecule has 1 aliphatic heterocycles. The highest BCUT2D eigenvalue weighted by molar-refractivity contribution is 5.82. The van der Waals surface area contributed by atoms with Gasteiger partial charge < -0.3 is 16.2 Å². The van der Waals surface area contributed by atoms with E-state index < -0.39 is 17.7 Å². The number of rotatable bonds is 1. The second-order valence-corrected chi connectivity index (χ2v) is 4.12. The Morgan fingerprint density at radius 1 is 1.47 bits per heavy atom. The van der Waals surface area contributed by atoms with E-state index in [1.807, 2.05) is 0 Å². The molecule has 0 bridgehead atoms. The first-order valence-electron chi connectivity index (χ1n) is 5.09. The number of aliphatic imine (C=N–C) groups is 1. The van der Waals surface area contributed by atoms with Crippen LogP contribution < -0.4 is 11.5 Å². The first kappa shape index (κ1) is 11.8. The van der Waals surface area contributed by atoms with Crippen LogP contribution in [-0.4, -0.2) is 18.8 Å². The summed E-state index contributed by atoms with van der Waals surface area (Å²) in [6.07, 6.45) is -1.76. The molecule has 0 saturated heterocycles. The summed E-state index contributed by atoms with van der Waals surface area (Å²) in [7, 11) is 0. The summed E-state index contributed by atoms with van der Waals surface area (Å²) in [6, 6.07) is 3.91. The first-order valence-corrected chi connectivity index (χ1v) is 5.09. The third-order valence-corrected chi connectivity index (χ3v) is 2.73. The van der Waals surface area contributed by atoms with Crippen molar-refractivity contribution in [3.8, 4) is 0 Å². The average molecular weight is 241 g/mol. The number of nitrogens with zero attached hydrogens (tertiary/aromatic N) is 1. The summed E-state index contributed by atoms with van der Waals surface area (Å²) in [5, 5.41) is 0. The normalized spacial score (nSPS) is 28.9. The van der Waals surface area contributed by atoms with Crippen LogP contribution in [0.1, 0.15) is 12.5 Å². The Bertz CT molecular complexity index is 478. The summed E-state index contributed by atoms with van der Waals surface area (Å²) < 4.78 is 32.3. The molecule has 0 radical (unpaired) electrons. The Balaban J connectivity index is 2.56. The molecule has 0 amide bonds. The first-order chi connectivity index (χ1) is 7.93. The third kappa shape index (κ3) is 1.95. The quantitative estimate of drug-likeness (QED) is 0.728. The van der Waals surface area contributed by atoms with Crippen LogP contribution in [0.15, 0.2) is 23.2 Å². The minimum Gasteiger partial charge on any atom is -0.399 e. The van der Waals surface area contributed by atoms with Crippen molar-refractivity contribution in [3.05, 3.63) is 29.6 Å². The average Bonchev–Trinajstić information content (AvgIpc) is 2.27. The lowest BCUT2D eigenvalue weighted by molar-refractivity contribution is -0.0805. The molecule has 1 heterocycles. The number of anilines is 1. The maximum Gasteiger partial charge on any atom is 0.228 e. The summed E-state index contributed by atoms with van der Waals surface area (Å²) in [5.74, 6) is -0.463. The number of amidine groups is 1. The molecule has 4 N–H and O–H groups in total. The fourth-order valence-electron chi connectivity index (χ4n) is 1.82. The van der Waals surface area contributed by atoms with Gasteiger partial charge in [-0.3, -0.25) is 4.99 Å². The van der Waals surface area contributed by atoms with Crippen LogP contribution in [0.2, 0.25) is 0 Å². The van der Waals surface area contributed by atoms with Crippen LogP contribution in [0, 0.1) is 5.82 Å². The molecule has 0 saturated carbocycles. The highest BCUT2D eigenvalue weighted by Crippen LogP contribution is 2.36. The van der Waals surface area contributed by atoms with Gasteiger partial charge in [-0.2, -0.15) is 0 Å². The molecule has 6 heteroatoms. The maximum absolute atomic E-state index is 13.8. The zero-order valence-electron chi connectivity index (χ0n) is 9.28. The fraction of sp³-hybridized carbons (Fsp3) is 0.364. The van der Waals surface area contributed by atoms with E-state index in [4.69, 9.17) is 16.2 Å². The van der Waals surface area contributed by atoms with E-state index in [2.05, 4.69) is 4.99 Å². The summed E-state index contributed by atoms with van der Waals surface area (Å²) >= 11 is 0. The van der Waals surface area contributed by atoms with Gasteiger partial charge in [-0.25, -0.2) is 8.78 Å². The van der Waals surface area contributed by atoms with E-state index >= 15 is 0 Å². The Morgan fingerprint density at radius 3 is 2.88 bits per heavy atom. The number of nitrogen functional groups attached to an aromatic ring is 1. The van der Waals surface area contributed by atoms with Gasteiger partial charge in [0, 0.05) is 11.3 Å². The second kappa shape index (κ2) is 3.96. The van der Waals surface area contributed by atoms with Gasteiger partial charge in [-0.15, -0.1) is 0 Å². The molecule has 1 aliphatic rings. The SMILES string of the molecule is C[C@]1(c2cc(N)ccc2F)N=C(N)CO[C@@H]1F. The van der Waals surface area contributed by atoms with Gasteiger partial charge in [0.1, 0.15) is 23.8 Å². The van der Waals surface area contributed by atoms with E-state index in [1.165, 1.54) is 25.1 Å². The van der Waals surface area contributed by atoms with E-state index in [9.17, 15) is 8.78 Å². The lowest BCUT2D eigenvalue weighted by Gasteiger charge is -2.33. The van der Waals surface area contributed by atoms with Crippen molar-refractivity contribution >= 4 is 11.5 Å². The molecule has 0 aliphatic carbocycles. The molecule has 2 rings (SSSR count). The Kier molecular flexibility index (Phi) is 2.74. The molecule has 2 atom stereocenters. The van der Waals surface area contributed by atoms with Crippen molar-refractivity contribution in [1.82, 2.24) is 0 Å². The lowest BCUT2D eigenvalue weighted by atomic mass is 9.91. The lowest BCUT2D eigenvalue weighted by Crippen LogP contribution is -2.43. The predicted octanol–water partition coefficient (Wildman–Crippen LogP) is 1.31.